The maximum atomic E-state index is 14.4. The predicted molar refractivity (Wildman–Crippen MR) is 188 cm³/mol. The molecule has 3 aromatic carbocycles. The molecule has 2 aromatic heterocycles. The third kappa shape index (κ3) is 8.36. The van der Waals surface area contributed by atoms with Gasteiger partial charge in [-0.05, 0) is 60.0 Å². The van der Waals surface area contributed by atoms with Crippen LogP contribution in [0, 0.1) is 12.7 Å². The Morgan fingerprint density at radius 1 is 1.02 bits per heavy atom. The van der Waals surface area contributed by atoms with Gasteiger partial charge in [-0.15, -0.1) is 0 Å². The Hall–Kier alpha value is -5.00. The number of phenols is 1. The van der Waals surface area contributed by atoms with Crippen LogP contribution < -0.4 is 25.7 Å². The van der Waals surface area contributed by atoms with E-state index in [1.807, 2.05) is 45.0 Å². The normalized spacial score (nSPS) is 11.3. The third-order valence-corrected chi connectivity index (χ3v) is 8.44. The highest BCUT2D eigenvalue weighted by atomic mass is 35.5. The molecule has 0 aliphatic carbocycles. The van der Waals surface area contributed by atoms with Crippen LogP contribution >= 0.6 is 23.2 Å². The molecule has 0 unspecified atom stereocenters. The van der Waals surface area contributed by atoms with Gasteiger partial charge in [-0.2, -0.15) is 5.10 Å². The number of methoxy groups -OCH3 is 1. The van der Waals surface area contributed by atoms with Crippen molar-refractivity contribution < 1.29 is 23.8 Å². The quantitative estimate of drug-likeness (QED) is 0.137. The van der Waals surface area contributed by atoms with Gasteiger partial charge < -0.3 is 24.5 Å². The lowest BCUT2D eigenvalue weighted by Gasteiger charge is -2.16. The number of nitrogens with zero attached hydrogens (tertiary/aromatic N) is 3. The van der Waals surface area contributed by atoms with Crippen LogP contribution in [0.1, 0.15) is 48.8 Å². The number of pyridine rings is 1. The minimum absolute atomic E-state index is 0.0425. The molecular formula is C36H36Cl2FN5O5. The molecular weight excluding hydrogens is 672 g/mol. The molecule has 10 nitrogen and oxygen atoms in total. The lowest BCUT2D eigenvalue weighted by molar-refractivity contribution is 0.251. The Kier molecular flexibility index (Phi) is 10.5. The first kappa shape index (κ1) is 35.3. The summed E-state index contributed by atoms with van der Waals surface area (Å²) in [6, 6.07) is 19.0. The summed E-state index contributed by atoms with van der Waals surface area (Å²) >= 11 is 12.5. The maximum absolute atomic E-state index is 14.4. The van der Waals surface area contributed by atoms with Crippen LogP contribution in [0.2, 0.25) is 10.0 Å². The Morgan fingerprint density at radius 3 is 2.51 bits per heavy atom. The lowest BCUT2D eigenvalue weighted by Crippen LogP contribution is -2.29. The van der Waals surface area contributed by atoms with E-state index >= 15 is 0 Å². The molecule has 0 bridgehead atoms. The maximum Gasteiger partial charge on any atom is 0.320 e. The summed E-state index contributed by atoms with van der Waals surface area (Å²) in [6.45, 7) is 7.94. The molecule has 0 spiro atoms. The number of anilines is 1. The Bertz CT molecular complexity index is 2070. The number of aryl methyl sites for hydroxylation is 1. The fourth-order valence-electron chi connectivity index (χ4n) is 5.03. The first-order chi connectivity index (χ1) is 23.2. The zero-order valence-corrected chi connectivity index (χ0v) is 29.1. The minimum Gasteiger partial charge on any atom is -0.506 e. The summed E-state index contributed by atoms with van der Waals surface area (Å²) in [4.78, 5) is 26.3. The van der Waals surface area contributed by atoms with Gasteiger partial charge in [-0.1, -0.05) is 62.2 Å². The van der Waals surface area contributed by atoms with E-state index in [4.69, 9.17) is 32.7 Å². The zero-order valence-electron chi connectivity index (χ0n) is 27.6. The Balaban J connectivity index is 1.30. The molecule has 3 N–H and O–H groups in total. The van der Waals surface area contributed by atoms with E-state index < -0.39 is 17.4 Å². The molecule has 5 aromatic rings. The van der Waals surface area contributed by atoms with E-state index in [0.29, 0.717) is 39.8 Å². The number of amides is 2. The second-order valence-corrected chi connectivity index (χ2v) is 13.2. The number of aromatic nitrogens is 3. The molecule has 13 heteroatoms. The molecule has 2 amide bonds. The average molecular weight is 709 g/mol. The van der Waals surface area contributed by atoms with Gasteiger partial charge in [-0.3, -0.25) is 10.1 Å². The number of urea groups is 1. The van der Waals surface area contributed by atoms with E-state index in [1.54, 1.807) is 42.9 Å². The van der Waals surface area contributed by atoms with Crippen LogP contribution in [0.25, 0.3) is 5.69 Å². The number of carbonyl (C=O) groups is 1. The molecule has 0 saturated carbocycles. The molecule has 256 valence electrons. The van der Waals surface area contributed by atoms with Crippen molar-refractivity contribution in [2.75, 3.05) is 12.4 Å². The third-order valence-electron chi connectivity index (χ3n) is 7.77. The minimum atomic E-state index is -0.575. The number of carbonyl (C=O) groups excluding carboxylic acids is 1. The summed E-state index contributed by atoms with van der Waals surface area (Å²) in [5.41, 5.74) is 2.96. The van der Waals surface area contributed by atoms with Gasteiger partial charge in [0.1, 0.15) is 40.5 Å². The van der Waals surface area contributed by atoms with Crippen LogP contribution in [-0.2, 0) is 25.1 Å². The summed E-state index contributed by atoms with van der Waals surface area (Å²) < 4.78 is 28.6. The fourth-order valence-corrected chi connectivity index (χ4v) is 5.36. The molecule has 0 radical (unpaired) electrons. The molecule has 0 saturated heterocycles. The highest BCUT2D eigenvalue weighted by Crippen LogP contribution is 2.30. The van der Waals surface area contributed by atoms with E-state index in [-0.39, 0.29) is 46.7 Å². The van der Waals surface area contributed by atoms with Crippen LogP contribution in [0.15, 0.2) is 77.6 Å². The summed E-state index contributed by atoms with van der Waals surface area (Å²) in [7, 11) is 1.58. The number of nitrogens with one attached hydrogen (secondary N) is 2. The molecule has 0 fully saturated rings. The highest BCUT2D eigenvalue weighted by molar-refractivity contribution is 6.32. The van der Waals surface area contributed by atoms with Crippen molar-refractivity contribution in [3.8, 4) is 22.9 Å². The Labute approximate surface area is 293 Å². The van der Waals surface area contributed by atoms with Crippen LogP contribution in [0.3, 0.4) is 0 Å². The van der Waals surface area contributed by atoms with Gasteiger partial charge in [-0.25, -0.2) is 13.9 Å². The van der Waals surface area contributed by atoms with Gasteiger partial charge in [0, 0.05) is 35.9 Å². The van der Waals surface area contributed by atoms with Crippen molar-refractivity contribution in [3.05, 3.63) is 127 Å². The second-order valence-electron chi connectivity index (χ2n) is 12.4. The molecule has 2 heterocycles. The van der Waals surface area contributed by atoms with Crippen molar-refractivity contribution in [2.24, 2.45) is 0 Å². The van der Waals surface area contributed by atoms with Crippen molar-refractivity contribution in [1.29, 1.82) is 0 Å². The monoisotopic (exact) mass is 707 g/mol. The van der Waals surface area contributed by atoms with E-state index in [1.165, 1.54) is 28.9 Å². The highest BCUT2D eigenvalue weighted by Gasteiger charge is 2.22. The van der Waals surface area contributed by atoms with Gasteiger partial charge in [0.2, 0.25) is 0 Å². The smallest absolute Gasteiger partial charge is 0.320 e. The van der Waals surface area contributed by atoms with Crippen molar-refractivity contribution in [2.45, 2.75) is 52.8 Å². The standard InChI is InChI=1S/C36H36Cl2FN5O5/c1-21-13-30(33(38)34(46)43(21)19-22-7-6-8-27(14-22)48-5)49-20-23-9-10-25(39)15-24(23)18-40-35(47)41-32-17-31(36(2,3)4)42-44(32)26-11-12-28(37)29(45)16-26/h6-17,45H,18-20H2,1-5H3,(H2,40,41,47). The van der Waals surface area contributed by atoms with Gasteiger partial charge >= 0.3 is 6.03 Å². The first-order valence-corrected chi connectivity index (χ1v) is 16.1. The molecule has 0 aliphatic heterocycles. The fraction of sp³-hybridized carbons (Fsp3) is 0.250. The van der Waals surface area contributed by atoms with Crippen molar-refractivity contribution in [3.63, 3.8) is 0 Å². The summed E-state index contributed by atoms with van der Waals surface area (Å²) in [5, 5.41) is 20.4. The van der Waals surface area contributed by atoms with Crippen molar-refractivity contribution in [1.82, 2.24) is 19.7 Å². The number of aromatic hydroxyl groups is 1. The number of hydrogen-bond donors (Lipinski definition) is 3. The SMILES string of the molecule is COc1cccc(Cn2c(C)cc(OCc3ccc(F)cc3CNC(=O)Nc3cc(C(C)(C)C)nn3-c3ccc(Cl)c(O)c3)c(Cl)c2=O)c1. The van der Waals surface area contributed by atoms with Crippen LogP contribution in [0.4, 0.5) is 15.0 Å². The number of halogens is 3. The largest absolute Gasteiger partial charge is 0.506 e. The molecule has 0 atom stereocenters. The van der Waals surface area contributed by atoms with Gasteiger partial charge in [0.15, 0.2) is 0 Å². The van der Waals surface area contributed by atoms with E-state index in [0.717, 1.165) is 5.56 Å². The van der Waals surface area contributed by atoms with E-state index in [2.05, 4.69) is 15.7 Å². The topological polar surface area (TPSA) is 120 Å². The number of hydrogen-bond acceptors (Lipinski definition) is 6. The summed E-state index contributed by atoms with van der Waals surface area (Å²) in [5.74, 6) is 0.581. The van der Waals surface area contributed by atoms with E-state index in [9.17, 15) is 19.1 Å². The van der Waals surface area contributed by atoms with Crippen LogP contribution in [0.5, 0.6) is 17.2 Å². The molecule has 0 aliphatic rings. The number of phenolic OH excluding ortho intramolecular Hbond substituents is 1. The van der Waals surface area contributed by atoms with Crippen molar-refractivity contribution >= 4 is 35.1 Å². The van der Waals surface area contributed by atoms with Gasteiger partial charge in [0.05, 0.1) is 30.1 Å². The Morgan fingerprint density at radius 2 is 1.80 bits per heavy atom. The molecule has 49 heavy (non-hydrogen) atoms. The average Bonchev–Trinajstić information content (AvgIpc) is 3.49. The summed E-state index contributed by atoms with van der Waals surface area (Å²) in [6.07, 6.45) is 0. The van der Waals surface area contributed by atoms with Crippen LogP contribution in [-0.4, -0.2) is 32.6 Å². The molecule has 5 rings (SSSR count). The second kappa shape index (κ2) is 14.6. The number of ether oxygens (including phenoxy) is 2. The zero-order chi connectivity index (χ0) is 35.5. The number of rotatable bonds is 10. The number of benzene rings is 3. The van der Waals surface area contributed by atoms with Gasteiger partial charge in [0.25, 0.3) is 5.56 Å². The lowest BCUT2D eigenvalue weighted by atomic mass is 9.92. The first-order valence-electron chi connectivity index (χ1n) is 15.3. The predicted octanol–water partition coefficient (Wildman–Crippen LogP) is 7.75.